The molecule has 0 atom stereocenters. The van der Waals surface area contributed by atoms with Crippen molar-refractivity contribution in [2.24, 2.45) is 0 Å². The first kappa shape index (κ1) is 20.6. The molecule has 0 spiro atoms. The highest BCUT2D eigenvalue weighted by Crippen LogP contribution is 2.23. The number of ether oxygens (including phenoxy) is 1. The summed E-state index contributed by atoms with van der Waals surface area (Å²) in [5.41, 5.74) is 6.86. The fourth-order valence-corrected chi connectivity index (χ4v) is 2.97. The summed E-state index contributed by atoms with van der Waals surface area (Å²) in [7, 11) is 1.20. The predicted octanol–water partition coefficient (Wildman–Crippen LogP) is 2.99. The first-order valence-electron chi connectivity index (χ1n) is 9.56. The van der Waals surface area contributed by atoms with Crippen molar-refractivity contribution in [3.05, 3.63) is 96.1 Å². The van der Waals surface area contributed by atoms with Crippen molar-refractivity contribution in [3.8, 4) is 16.9 Å². The van der Waals surface area contributed by atoms with Crippen LogP contribution in [0.5, 0.6) is 0 Å². The van der Waals surface area contributed by atoms with E-state index in [1.54, 1.807) is 10.9 Å². The van der Waals surface area contributed by atoms with E-state index in [9.17, 15) is 14.4 Å². The number of carbonyl (C=O) groups excluding carboxylic acids is 3. The zero-order valence-corrected chi connectivity index (χ0v) is 16.9. The molecule has 2 aromatic heterocycles. The number of hydrazine groups is 1. The Hall–Kier alpha value is -4.66. The quantitative estimate of drug-likeness (QED) is 0.372. The van der Waals surface area contributed by atoms with Crippen LogP contribution in [0.15, 0.2) is 83.4 Å². The normalized spacial score (nSPS) is 10.4. The number of rotatable bonds is 5. The Morgan fingerprint density at radius 3 is 2.16 bits per heavy atom. The second kappa shape index (κ2) is 9.00. The zero-order chi connectivity index (χ0) is 22.5. The van der Waals surface area contributed by atoms with Gasteiger partial charge in [0.1, 0.15) is 5.69 Å². The van der Waals surface area contributed by atoms with Gasteiger partial charge in [-0.2, -0.15) is 5.10 Å². The van der Waals surface area contributed by atoms with Gasteiger partial charge in [0.15, 0.2) is 5.76 Å². The molecule has 4 rings (SSSR count). The van der Waals surface area contributed by atoms with Gasteiger partial charge in [-0.1, -0.05) is 48.5 Å². The average molecular weight is 430 g/mol. The number of furan rings is 1. The van der Waals surface area contributed by atoms with Crippen LogP contribution in [-0.2, 0) is 4.74 Å². The van der Waals surface area contributed by atoms with Crippen molar-refractivity contribution in [2.45, 2.75) is 0 Å². The maximum absolute atomic E-state index is 12.9. The summed E-state index contributed by atoms with van der Waals surface area (Å²) in [6.45, 7) is 0. The molecule has 0 fully saturated rings. The van der Waals surface area contributed by atoms with Crippen LogP contribution in [0.4, 0.5) is 0 Å². The molecule has 0 aliphatic heterocycles. The van der Waals surface area contributed by atoms with Gasteiger partial charge in [-0.15, -0.1) is 0 Å². The standard InChI is InChI=1S/C23H18N4O5/c1-31-23(30)19-13-12-18(32-19)22(29)25-24-21(28)17-14-27(16-10-6-3-7-11-16)26-20(17)15-8-4-2-5-9-15/h2-14H,1H3,(H,24,28)(H,25,29). The molecule has 2 aromatic carbocycles. The minimum Gasteiger partial charge on any atom is -0.463 e. The van der Waals surface area contributed by atoms with Crippen LogP contribution in [0, 0.1) is 0 Å². The molecule has 4 aromatic rings. The third-order valence-electron chi connectivity index (χ3n) is 4.53. The van der Waals surface area contributed by atoms with Crippen LogP contribution >= 0.6 is 0 Å². The highest BCUT2D eigenvalue weighted by molar-refractivity contribution is 6.02. The van der Waals surface area contributed by atoms with Gasteiger partial charge in [0.05, 0.1) is 18.4 Å². The number of esters is 1. The first-order valence-corrected chi connectivity index (χ1v) is 9.56. The predicted molar refractivity (Wildman–Crippen MR) is 114 cm³/mol. The summed E-state index contributed by atoms with van der Waals surface area (Å²) < 4.78 is 11.3. The lowest BCUT2D eigenvalue weighted by Crippen LogP contribution is -2.41. The number of methoxy groups -OCH3 is 1. The number of hydrogen-bond donors (Lipinski definition) is 2. The molecule has 2 N–H and O–H groups in total. The Bertz CT molecular complexity index is 1260. The topological polar surface area (TPSA) is 115 Å². The smallest absolute Gasteiger partial charge is 0.373 e. The van der Waals surface area contributed by atoms with Crippen molar-refractivity contribution >= 4 is 17.8 Å². The molecule has 160 valence electrons. The highest BCUT2D eigenvalue weighted by Gasteiger charge is 2.21. The number of benzene rings is 2. The summed E-state index contributed by atoms with van der Waals surface area (Å²) in [6.07, 6.45) is 1.58. The fourth-order valence-electron chi connectivity index (χ4n) is 2.97. The van der Waals surface area contributed by atoms with E-state index in [0.717, 1.165) is 11.3 Å². The summed E-state index contributed by atoms with van der Waals surface area (Å²) in [6, 6.07) is 21.2. The van der Waals surface area contributed by atoms with E-state index in [-0.39, 0.29) is 17.1 Å². The first-order chi connectivity index (χ1) is 15.6. The lowest BCUT2D eigenvalue weighted by atomic mass is 10.1. The number of hydrogen-bond acceptors (Lipinski definition) is 6. The van der Waals surface area contributed by atoms with Crippen molar-refractivity contribution in [2.75, 3.05) is 7.11 Å². The van der Waals surface area contributed by atoms with Gasteiger partial charge in [-0.05, 0) is 24.3 Å². The molecule has 0 saturated heterocycles. The van der Waals surface area contributed by atoms with Crippen molar-refractivity contribution in [1.29, 1.82) is 0 Å². The van der Waals surface area contributed by atoms with Crippen LogP contribution in [0.2, 0.25) is 0 Å². The Morgan fingerprint density at radius 2 is 1.47 bits per heavy atom. The second-order valence-corrected chi connectivity index (χ2v) is 6.60. The number of nitrogens with zero attached hydrogens (tertiary/aromatic N) is 2. The van der Waals surface area contributed by atoms with Crippen LogP contribution in [0.25, 0.3) is 16.9 Å². The fraction of sp³-hybridized carbons (Fsp3) is 0.0435. The van der Waals surface area contributed by atoms with Crippen molar-refractivity contribution in [3.63, 3.8) is 0 Å². The molecule has 2 heterocycles. The van der Waals surface area contributed by atoms with E-state index in [0.29, 0.717) is 5.69 Å². The molecule has 0 bridgehead atoms. The largest absolute Gasteiger partial charge is 0.463 e. The minimum atomic E-state index is -0.731. The lowest BCUT2D eigenvalue weighted by molar-refractivity contribution is 0.0561. The van der Waals surface area contributed by atoms with E-state index < -0.39 is 17.8 Å². The van der Waals surface area contributed by atoms with Crippen molar-refractivity contribution < 1.29 is 23.5 Å². The number of amides is 2. The van der Waals surface area contributed by atoms with E-state index in [4.69, 9.17) is 4.42 Å². The number of carbonyl (C=O) groups is 3. The molecular formula is C23H18N4O5. The van der Waals surface area contributed by atoms with Crippen LogP contribution in [-0.4, -0.2) is 34.7 Å². The third kappa shape index (κ3) is 4.26. The molecule has 9 heteroatoms. The molecule has 0 unspecified atom stereocenters. The summed E-state index contributed by atoms with van der Waals surface area (Å²) in [4.78, 5) is 36.7. The van der Waals surface area contributed by atoms with Crippen molar-refractivity contribution in [1.82, 2.24) is 20.6 Å². The summed E-state index contributed by atoms with van der Waals surface area (Å²) >= 11 is 0. The summed E-state index contributed by atoms with van der Waals surface area (Å²) in [5.74, 6) is -2.30. The van der Waals surface area contributed by atoms with E-state index in [1.165, 1.54) is 19.2 Å². The Labute approximate surface area is 182 Å². The van der Waals surface area contributed by atoms with Crippen LogP contribution in [0.1, 0.15) is 31.5 Å². The van der Waals surface area contributed by atoms with E-state index >= 15 is 0 Å². The van der Waals surface area contributed by atoms with Gasteiger partial charge in [0.2, 0.25) is 5.76 Å². The van der Waals surface area contributed by atoms with E-state index in [1.807, 2.05) is 60.7 Å². The molecule has 0 saturated carbocycles. The maximum Gasteiger partial charge on any atom is 0.373 e. The van der Waals surface area contributed by atoms with E-state index in [2.05, 4.69) is 20.7 Å². The summed E-state index contributed by atoms with van der Waals surface area (Å²) in [5, 5.41) is 4.56. The van der Waals surface area contributed by atoms with Gasteiger partial charge in [0, 0.05) is 11.8 Å². The molecular weight excluding hydrogens is 412 g/mol. The number of aromatic nitrogens is 2. The van der Waals surface area contributed by atoms with Gasteiger partial charge in [-0.3, -0.25) is 20.4 Å². The molecule has 0 radical (unpaired) electrons. The van der Waals surface area contributed by atoms with Crippen LogP contribution < -0.4 is 10.9 Å². The monoisotopic (exact) mass is 430 g/mol. The molecule has 2 amide bonds. The molecule has 0 aliphatic rings. The lowest BCUT2D eigenvalue weighted by Gasteiger charge is -2.06. The highest BCUT2D eigenvalue weighted by atomic mass is 16.5. The Kier molecular flexibility index (Phi) is 5.80. The maximum atomic E-state index is 12.9. The van der Waals surface area contributed by atoms with Gasteiger partial charge >= 0.3 is 11.9 Å². The van der Waals surface area contributed by atoms with Crippen LogP contribution in [0.3, 0.4) is 0 Å². The number of para-hydroxylation sites is 1. The van der Waals surface area contributed by atoms with Gasteiger partial charge in [0.25, 0.3) is 5.91 Å². The van der Waals surface area contributed by atoms with Gasteiger partial charge < -0.3 is 9.15 Å². The number of nitrogens with one attached hydrogen (secondary N) is 2. The third-order valence-corrected chi connectivity index (χ3v) is 4.53. The molecule has 32 heavy (non-hydrogen) atoms. The SMILES string of the molecule is COC(=O)c1ccc(C(=O)NNC(=O)c2cn(-c3ccccc3)nc2-c2ccccc2)o1. The Morgan fingerprint density at radius 1 is 0.844 bits per heavy atom. The van der Waals surface area contributed by atoms with Gasteiger partial charge in [-0.25, -0.2) is 9.48 Å². The average Bonchev–Trinajstić information content (AvgIpc) is 3.51. The zero-order valence-electron chi connectivity index (χ0n) is 16.9. The Balaban J connectivity index is 1.56. The minimum absolute atomic E-state index is 0.125. The molecule has 9 nitrogen and oxygen atoms in total. The second-order valence-electron chi connectivity index (χ2n) is 6.60. The molecule has 0 aliphatic carbocycles.